The molecule has 2 N–H and O–H groups in total. The molecule has 1 aromatic rings. The van der Waals surface area contributed by atoms with Gasteiger partial charge in [-0.15, -0.1) is 11.3 Å². The molecule has 0 saturated carbocycles. The third-order valence-electron chi connectivity index (χ3n) is 2.74. The Hall–Kier alpha value is -0.760. The van der Waals surface area contributed by atoms with E-state index in [0.717, 1.165) is 17.0 Å². The highest BCUT2D eigenvalue weighted by Crippen LogP contribution is 2.15. The van der Waals surface area contributed by atoms with Crippen molar-refractivity contribution in [1.82, 2.24) is 10.3 Å². The molecule has 2 rings (SSSR count). The minimum absolute atomic E-state index is 0.00144. The van der Waals surface area contributed by atoms with Crippen LogP contribution in [0.3, 0.4) is 0 Å². The normalized spacial score (nSPS) is 19.7. The van der Waals surface area contributed by atoms with Crippen molar-refractivity contribution in [2.45, 2.75) is 25.9 Å². The summed E-state index contributed by atoms with van der Waals surface area (Å²) in [7, 11) is 0. The SMILES string of the molecule is Cc1[nH]c(=S)sc1CC(=O)NC[C@@H]1CCOCO1. The number of rotatable bonds is 4. The number of H-pyrrole nitrogens is 1. The van der Waals surface area contributed by atoms with Gasteiger partial charge in [-0.25, -0.2) is 0 Å². The molecule has 1 aromatic heterocycles. The summed E-state index contributed by atoms with van der Waals surface area (Å²) < 4.78 is 11.1. The second-order valence-electron chi connectivity index (χ2n) is 4.15. The average Bonchev–Trinajstić information content (AvgIpc) is 2.67. The third kappa shape index (κ3) is 3.88. The van der Waals surface area contributed by atoms with Crippen LogP contribution in [0.2, 0.25) is 0 Å². The van der Waals surface area contributed by atoms with E-state index in [4.69, 9.17) is 21.7 Å². The van der Waals surface area contributed by atoms with Gasteiger partial charge in [-0.3, -0.25) is 4.79 Å². The average molecular weight is 288 g/mol. The Morgan fingerprint density at radius 1 is 1.67 bits per heavy atom. The molecule has 1 fully saturated rings. The molecule has 0 bridgehead atoms. The monoisotopic (exact) mass is 288 g/mol. The van der Waals surface area contributed by atoms with Gasteiger partial charge in [0.2, 0.25) is 5.91 Å². The lowest BCUT2D eigenvalue weighted by Gasteiger charge is -2.22. The van der Waals surface area contributed by atoms with Crippen LogP contribution in [-0.4, -0.2) is 36.9 Å². The third-order valence-corrected chi connectivity index (χ3v) is 4.08. The van der Waals surface area contributed by atoms with Crippen LogP contribution in [0.1, 0.15) is 17.0 Å². The standard InChI is InChI=1S/C11H16N2O3S2/c1-7-9(18-11(17)13-7)4-10(14)12-5-8-2-3-15-6-16-8/h8H,2-6H2,1H3,(H,12,14)(H,13,17)/t8-/m0/s1. The Morgan fingerprint density at radius 3 is 3.11 bits per heavy atom. The maximum absolute atomic E-state index is 11.8. The molecule has 2 heterocycles. The Labute approximate surface area is 115 Å². The predicted molar refractivity (Wildman–Crippen MR) is 71.3 cm³/mol. The summed E-state index contributed by atoms with van der Waals surface area (Å²) in [5, 5.41) is 2.88. The van der Waals surface area contributed by atoms with E-state index < -0.39 is 0 Å². The molecule has 0 aliphatic carbocycles. The molecule has 1 atom stereocenters. The lowest BCUT2D eigenvalue weighted by Crippen LogP contribution is -2.37. The van der Waals surface area contributed by atoms with Crippen LogP contribution in [0.4, 0.5) is 0 Å². The predicted octanol–water partition coefficient (Wildman–Crippen LogP) is 1.54. The van der Waals surface area contributed by atoms with Crippen LogP contribution in [0.5, 0.6) is 0 Å². The number of aromatic amines is 1. The summed E-state index contributed by atoms with van der Waals surface area (Å²) in [6.07, 6.45) is 1.25. The van der Waals surface area contributed by atoms with E-state index in [1.54, 1.807) is 0 Å². The molecule has 1 amide bonds. The van der Waals surface area contributed by atoms with Crippen LogP contribution >= 0.6 is 23.6 Å². The molecule has 5 nitrogen and oxygen atoms in total. The van der Waals surface area contributed by atoms with Crippen molar-refractivity contribution >= 4 is 29.5 Å². The van der Waals surface area contributed by atoms with Crippen molar-refractivity contribution in [2.75, 3.05) is 19.9 Å². The molecule has 100 valence electrons. The van der Waals surface area contributed by atoms with Gasteiger partial charge in [-0.05, 0) is 25.6 Å². The largest absolute Gasteiger partial charge is 0.355 e. The van der Waals surface area contributed by atoms with Gasteiger partial charge in [0.15, 0.2) is 3.95 Å². The maximum atomic E-state index is 11.8. The van der Waals surface area contributed by atoms with Crippen molar-refractivity contribution in [3.63, 3.8) is 0 Å². The Balaban J connectivity index is 1.78. The second-order valence-corrected chi connectivity index (χ2v) is 5.92. The van der Waals surface area contributed by atoms with Gasteiger partial charge in [-0.1, -0.05) is 0 Å². The molecule has 1 aliphatic heterocycles. The van der Waals surface area contributed by atoms with Crippen LogP contribution in [0.25, 0.3) is 0 Å². The Morgan fingerprint density at radius 2 is 2.50 bits per heavy atom. The van der Waals surface area contributed by atoms with E-state index in [-0.39, 0.29) is 12.0 Å². The van der Waals surface area contributed by atoms with Crippen LogP contribution < -0.4 is 5.32 Å². The van der Waals surface area contributed by atoms with E-state index in [1.807, 2.05) is 6.92 Å². The minimum atomic E-state index is -0.00144. The molecule has 1 aliphatic rings. The number of ether oxygens (including phenoxy) is 2. The number of nitrogens with one attached hydrogen (secondary N) is 2. The number of amides is 1. The van der Waals surface area contributed by atoms with Crippen molar-refractivity contribution in [2.24, 2.45) is 0 Å². The fourth-order valence-electron chi connectivity index (χ4n) is 1.70. The molecule has 0 spiro atoms. The quantitative estimate of drug-likeness (QED) is 0.825. The molecule has 18 heavy (non-hydrogen) atoms. The van der Waals surface area contributed by atoms with Gasteiger partial charge in [0.05, 0.1) is 19.1 Å². The molecular formula is C11H16N2O3S2. The van der Waals surface area contributed by atoms with Crippen LogP contribution in [0.15, 0.2) is 0 Å². The summed E-state index contributed by atoms with van der Waals surface area (Å²) in [5.74, 6) is -0.00144. The molecule has 0 unspecified atom stereocenters. The first-order valence-electron chi connectivity index (χ1n) is 5.80. The fourth-order valence-corrected chi connectivity index (χ4v) is 2.99. The smallest absolute Gasteiger partial charge is 0.225 e. The van der Waals surface area contributed by atoms with E-state index in [0.29, 0.717) is 30.3 Å². The second kappa shape index (κ2) is 6.42. The summed E-state index contributed by atoms with van der Waals surface area (Å²) in [5.41, 5.74) is 0.975. The molecule has 1 saturated heterocycles. The van der Waals surface area contributed by atoms with Gasteiger partial charge in [0, 0.05) is 17.1 Å². The minimum Gasteiger partial charge on any atom is -0.355 e. The molecule has 0 aromatic carbocycles. The molecule has 0 radical (unpaired) electrons. The zero-order chi connectivity index (χ0) is 13.0. The summed E-state index contributed by atoms with van der Waals surface area (Å²) in [4.78, 5) is 15.8. The van der Waals surface area contributed by atoms with Crippen molar-refractivity contribution in [1.29, 1.82) is 0 Å². The first-order valence-corrected chi connectivity index (χ1v) is 7.02. The number of aryl methyl sites for hydroxylation is 1. The van der Waals surface area contributed by atoms with Gasteiger partial charge in [0.25, 0.3) is 0 Å². The van der Waals surface area contributed by atoms with Crippen LogP contribution in [-0.2, 0) is 20.7 Å². The van der Waals surface area contributed by atoms with Gasteiger partial charge in [0.1, 0.15) is 6.79 Å². The lowest BCUT2D eigenvalue weighted by atomic mass is 10.2. The summed E-state index contributed by atoms with van der Waals surface area (Å²) >= 11 is 6.49. The van der Waals surface area contributed by atoms with Crippen LogP contribution in [0, 0.1) is 10.9 Å². The number of aromatic nitrogens is 1. The zero-order valence-electron chi connectivity index (χ0n) is 10.2. The number of thiazole rings is 1. The van der Waals surface area contributed by atoms with E-state index >= 15 is 0 Å². The van der Waals surface area contributed by atoms with Crippen molar-refractivity contribution < 1.29 is 14.3 Å². The first-order chi connectivity index (χ1) is 8.65. The maximum Gasteiger partial charge on any atom is 0.225 e. The van der Waals surface area contributed by atoms with E-state index in [1.165, 1.54) is 11.3 Å². The van der Waals surface area contributed by atoms with Crippen molar-refractivity contribution in [3.05, 3.63) is 14.5 Å². The molecule has 7 heteroatoms. The van der Waals surface area contributed by atoms with Gasteiger partial charge < -0.3 is 19.8 Å². The van der Waals surface area contributed by atoms with E-state index in [2.05, 4.69) is 10.3 Å². The number of carbonyl (C=O) groups is 1. The highest BCUT2D eigenvalue weighted by Gasteiger charge is 2.15. The highest BCUT2D eigenvalue weighted by molar-refractivity contribution is 7.73. The number of carbonyl (C=O) groups excluding carboxylic acids is 1. The van der Waals surface area contributed by atoms with E-state index in [9.17, 15) is 4.79 Å². The first kappa shape index (κ1) is 13.7. The van der Waals surface area contributed by atoms with Crippen molar-refractivity contribution in [3.8, 4) is 0 Å². The highest BCUT2D eigenvalue weighted by atomic mass is 32.1. The molecular weight excluding hydrogens is 272 g/mol. The summed E-state index contributed by atoms with van der Waals surface area (Å²) in [6, 6.07) is 0. The fraction of sp³-hybridized carbons (Fsp3) is 0.636. The zero-order valence-corrected chi connectivity index (χ0v) is 11.8. The Bertz CT molecular complexity index is 463. The summed E-state index contributed by atoms with van der Waals surface area (Å²) in [6.45, 7) is 3.48. The Kier molecular flexibility index (Phi) is 4.87. The lowest BCUT2D eigenvalue weighted by molar-refractivity contribution is -0.140. The topological polar surface area (TPSA) is 63.4 Å². The van der Waals surface area contributed by atoms with Gasteiger partial charge in [-0.2, -0.15) is 0 Å². The number of hydrogen-bond donors (Lipinski definition) is 2. The number of hydrogen-bond acceptors (Lipinski definition) is 5. The van der Waals surface area contributed by atoms with Gasteiger partial charge >= 0.3 is 0 Å².